The summed E-state index contributed by atoms with van der Waals surface area (Å²) in [5.41, 5.74) is 1.48. The van der Waals surface area contributed by atoms with E-state index in [0.29, 0.717) is 24.3 Å². The van der Waals surface area contributed by atoms with Crippen molar-refractivity contribution in [3.8, 4) is 5.75 Å². The van der Waals surface area contributed by atoms with E-state index in [1.807, 2.05) is 22.3 Å². The molecule has 1 aliphatic rings. The second-order valence-electron chi connectivity index (χ2n) is 8.97. The van der Waals surface area contributed by atoms with Crippen LogP contribution in [-0.2, 0) is 16.1 Å². The van der Waals surface area contributed by atoms with Crippen LogP contribution in [0.5, 0.6) is 5.75 Å². The van der Waals surface area contributed by atoms with E-state index in [1.165, 1.54) is 12.1 Å². The number of hydrogen-bond donors (Lipinski definition) is 4. The predicted octanol–water partition coefficient (Wildman–Crippen LogP) is 3.70. The number of carbonyl (C=O) groups excluding carboxylic acids is 2. The smallest absolute Gasteiger partial charge is 0.411 e. The minimum Gasteiger partial charge on any atom is -0.497 e. The van der Waals surface area contributed by atoms with Gasteiger partial charge in [-0.3, -0.25) is 25.2 Å². The van der Waals surface area contributed by atoms with Crippen molar-refractivity contribution < 1.29 is 24.2 Å². The van der Waals surface area contributed by atoms with Gasteiger partial charge in [-0.05, 0) is 68.9 Å². The average molecular weight is 565 g/mol. The van der Waals surface area contributed by atoms with E-state index < -0.39 is 24.0 Å². The lowest BCUT2D eigenvalue weighted by Crippen LogP contribution is -2.52. The van der Waals surface area contributed by atoms with Gasteiger partial charge in [0.25, 0.3) is 5.91 Å². The summed E-state index contributed by atoms with van der Waals surface area (Å²) in [5, 5.41) is 22.4. The molecule has 0 radical (unpaired) electrons. The zero-order chi connectivity index (χ0) is 28.0. The summed E-state index contributed by atoms with van der Waals surface area (Å²) in [4.78, 5) is 41.8. The molecule has 3 rings (SSSR count). The Morgan fingerprint density at radius 3 is 2.34 bits per heavy atom. The number of carboxylic acid groups (broad SMARTS) is 1. The third-order valence-corrected chi connectivity index (χ3v) is 6.47. The van der Waals surface area contributed by atoms with Gasteiger partial charge in [0.05, 0.1) is 35.9 Å². The van der Waals surface area contributed by atoms with Crippen LogP contribution >= 0.6 is 23.2 Å². The van der Waals surface area contributed by atoms with E-state index in [0.717, 1.165) is 17.0 Å². The van der Waals surface area contributed by atoms with Crippen molar-refractivity contribution in [1.29, 1.82) is 5.41 Å². The molecule has 0 spiro atoms. The molecule has 204 valence electrons. The highest BCUT2D eigenvalue weighted by molar-refractivity contribution is 6.39. The Hall–Kier alpha value is -3.54. The lowest BCUT2D eigenvalue weighted by molar-refractivity contribution is -0.129. The topological polar surface area (TPSA) is 138 Å². The third-order valence-electron chi connectivity index (χ3n) is 5.87. The third kappa shape index (κ3) is 7.27. The number of anilines is 2. The largest absolute Gasteiger partial charge is 0.497 e. The zero-order valence-electron chi connectivity index (χ0n) is 21.3. The second-order valence-corrected chi connectivity index (χ2v) is 9.79. The summed E-state index contributed by atoms with van der Waals surface area (Å²) in [6, 6.07) is 9.70. The number of halogens is 2. The lowest BCUT2D eigenvalue weighted by atomic mass is 10.1. The molecular weight excluding hydrogens is 535 g/mol. The fraction of sp³-hybridized carbons (Fsp3) is 0.360. The highest BCUT2D eigenvalue weighted by Gasteiger charge is 2.36. The van der Waals surface area contributed by atoms with Crippen molar-refractivity contribution in [2.24, 2.45) is 0 Å². The molecule has 11 nitrogen and oxygen atoms in total. The molecule has 13 heteroatoms. The number of methoxy groups -OCH3 is 1. The predicted molar refractivity (Wildman–Crippen MR) is 146 cm³/mol. The van der Waals surface area contributed by atoms with E-state index >= 15 is 0 Å². The van der Waals surface area contributed by atoms with Crippen molar-refractivity contribution >= 4 is 58.4 Å². The molecule has 1 unspecified atom stereocenters. The standard InChI is InChI=1S/C25H30Cl2N6O5/c1-31(2)14-21(34)29-22-18(26)11-15(12-19(22)27)13-33(24(28)30-25(36)37)23(35)20-5-4-10-32(20)16-6-8-17(38-3)9-7-16/h6-9,11-12,20H,4-5,10,13-14H2,1-3H3,(H2,28,30)(H,29,34)(H,36,37). The Labute approximate surface area is 230 Å². The molecule has 0 bridgehead atoms. The number of guanidine groups is 1. The molecule has 0 saturated carbocycles. The fourth-order valence-electron chi connectivity index (χ4n) is 4.21. The molecular formula is C25H30Cl2N6O5. The average Bonchev–Trinajstić information content (AvgIpc) is 3.33. The monoisotopic (exact) mass is 564 g/mol. The van der Waals surface area contributed by atoms with Crippen LogP contribution in [0.3, 0.4) is 0 Å². The fourth-order valence-corrected chi connectivity index (χ4v) is 4.83. The first-order chi connectivity index (χ1) is 18.0. The van der Waals surface area contributed by atoms with Gasteiger partial charge in [0.15, 0.2) is 0 Å². The SMILES string of the molecule is COc1ccc(N2CCCC2C(=O)N(Cc2cc(Cl)c(NC(=O)CN(C)C)c(Cl)c2)C(=N)NC(=O)O)cc1. The van der Waals surface area contributed by atoms with E-state index in [-0.39, 0.29) is 34.7 Å². The van der Waals surface area contributed by atoms with Crippen LogP contribution in [0.15, 0.2) is 36.4 Å². The molecule has 38 heavy (non-hydrogen) atoms. The number of ether oxygens (including phenoxy) is 1. The number of benzene rings is 2. The quantitative estimate of drug-likeness (QED) is 0.283. The Bertz CT molecular complexity index is 1180. The van der Waals surface area contributed by atoms with Crippen molar-refractivity contribution in [2.75, 3.05) is 44.5 Å². The van der Waals surface area contributed by atoms with Crippen LogP contribution in [-0.4, -0.2) is 79.1 Å². The van der Waals surface area contributed by atoms with Crippen LogP contribution in [0.4, 0.5) is 16.2 Å². The Morgan fingerprint density at radius 1 is 1.16 bits per heavy atom. The van der Waals surface area contributed by atoms with E-state index in [1.54, 1.807) is 38.2 Å². The van der Waals surface area contributed by atoms with Gasteiger partial charge in [-0.25, -0.2) is 4.79 Å². The zero-order valence-corrected chi connectivity index (χ0v) is 22.8. The first-order valence-corrected chi connectivity index (χ1v) is 12.5. The van der Waals surface area contributed by atoms with Crippen LogP contribution in [0.2, 0.25) is 10.0 Å². The highest BCUT2D eigenvalue weighted by atomic mass is 35.5. The Balaban J connectivity index is 1.87. The van der Waals surface area contributed by atoms with Gasteiger partial charge in [0.2, 0.25) is 11.9 Å². The molecule has 0 aromatic heterocycles. The van der Waals surface area contributed by atoms with Crippen LogP contribution in [0.25, 0.3) is 0 Å². The molecule has 1 heterocycles. The van der Waals surface area contributed by atoms with Gasteiger partial charge in [-0.2, -0.15) is 0 Å². The van der Waals surface area contributed by atoms with E-state index in [9.17, 15) is 19.5 Å². The van der Waals surface area contributed by atoms with E-state index in [4.69, 9.17) is 33.3 Å². The summed E-state index contributed by atoms with van der Waals surface area (Å²) >= 11 is 12.8. The Morgan fingerprint density at radius 2 is 1.79 bits per heavy atom. The molecule has 4 N–H and O–H groups in total. The summed E-state index contributed by atoms with van der Waals surface area (Å²) in [7, 11) is 5.06. The number of likely N-dealkylation sites (N-methyl/N-ethyl adjacent to an activating group) is 1. The molecule has 3 amide bonds. The second kappa shape index (κ2) is 12.8. The summed E-state index contributed by atoms with van der Waals surface area (Å²) in [6.07, 6.45) is -0.198. The molecule has 1 fully saturated rings. The van der Waals surface area contributed by atoms with Gasteiger partial charge in [0, 0.05) is 12.2 Å². The maximum absolute atomic E-state index is 13.7. The minimum absolute atomic E-state index is 0.126. The number of nitrogens with zero attached hydrogens (tertiary/aromatic N) is 3. The summed E-state index contributed by atoms with van der Waals surface area (Å²) in [6.45, 7) is 0.576. The maximum Gasteiger partial charge on any atom is 0.411 e. The normalized spacial score (nSPS) is 14.8. The van der Waals surface area contributed by atoms with Gasteiger partial charge < -0.3 is 25.0 Å². The molecule has 0 aliphatic carbocycles. The van der Waals surface area contributed by atoms with E-state index in [2.05, 4.69) is 5.32 Å². The van der Waals surface area contributed by atoms with Gasteiger partial charge >= 0.3 is 6.09 Å². The number of nitrogens with one attached hydrogen (secondary N) is 3. The molecule has 1 saturated heterocycles. The number of carbonyl (C=O) groups is 3. The van der Waals surface area contributed by atoms with Gasteiger partial charge in [0.1, 0.15) is 11.8 Å². The molecule has 2 aromatic rings. The highest BCUT2D eigenvalue weighted by Crippen LogP contribution is 2.33. The summed E-state index contributed by atoms with van der Waals surface area (Å²) < 4.78 is 5.21. The molecule has 1 atom stereocenters. The first kappa shape index (κ1) is 29.0. The molecule has 1 aliphatic heterocycles. The maximum atomic E-state index is 13.7. The Kier molecular flexibility index (Phi) is 9.78. The summed E-state index contributed by atoms with van der Waals surface area (Å²) in [5.74, 6) is -0.678. The van der Waals surface area contributed by atoms with Crippen molar-refractivity contribution in [3.05, 3.63) is 52.0 Å². The number of rotatable bonds is 8. The van der Waals surface area contributed by atoms with Gasteiger partial charge in [-0.1, -0.05) is 23.2 Å². The van der Waals surface area contributed by atoms with Crippen molar-refractivity contribution in [2.45, 2.75) is 25.4 Å². The van der Waals surface area contributed by atoms with Crippen molar-refractivity contribution in [1.82, 2.24) is 15.1 Å². The number of hydrogen-bond acceptors (Lipinski definition) is 7. The minimum atomic E-state index is -1.47. The number of amides is 3. The van der Waals surface area contributed by atoms with Crippen LogP contribution < -0.4 is 20.3 Å². The lowest BCUT2D eigenvalue weighted by Gasteiger charge is -2.31. The molecule has 2 aromatic carbocycles. The van der Waals surface area contributed by atoms with Crippen LogP contribution in [0.1, 0.15) is 18.4 Å². The van der Waals surface area contributed by atoms with Crippen LogP contribution in [0, 0.1) is 5.41 Å². The van der Waals surface area contributed by atoms with Gasteiger partial charge in [-0.15, -0.1) is 0 Å². The van der Waals surface area contributed by atoms with Crippen molar-refractivity contribution in [3.63, 3.8) is 0 Å². The first-order valence-electron chi connectivity index (χ1n) is 11.7.